The summed E-state index contributed by atoms with van der Waals surface area (Å²) < 4.78 is 0. The van der Waals surface area contributed by atoms with E-state index in [1.165, 1.54) is 11.0 Å². The molecule has 1 aliphatic rings. The number of amides is 4. The summed E-state index contributed by atoms with van der Waals surface area (Å²) in [4.78, 5) is 40.2. The van der Waals surface area contributed by atoms with Crippen LogP contribution in [0, 0.1) is 0 Å². The molecule has 140 valence electrons. The minimum absolute atomic E-state index is 0.258. The Labute approximate surface area is 166 Å². The summed E-state index contributed by atoms with van der Waals surface area (Å²) in [6.45, 7) is 1.17. The fourth-order valence-corrected chi connectivity index (χ4v) is 3.55. The Bertz CT molecular complexity index is 920. The topological polar surface area (TPSA) is 69.7 Å². The quantitative estimate of drug-likeness (QED) is 0.792. The smallest absolute Gasteiger partial charge is 0.319 e. The van der Waals surface area contributed by atoms with Gasteiger partial charge in [-0.3, -0.25) is 14.5 Å². The summed E-state index contributed by atoms with van der Waals surface area (Å²) in [7, 11) is 1.59. The third-order valence-electron chi connectivity index (χ3n) is 4.56. The lowest BCUT2D eigenvalue weighted by molar-refractivity contribution is -0.134. The molecule has 27 heavy (non-hydrogen) atoms. The van der Waals surface area contributed by atoms with Crippen molar-refractivity contribution in [3.8, 4) is 0 Å². The lowest BCUT2D eigenvalue weighted by atomic mass is 9.92. The van der Waals surface area contributed by atoms with Gasteiger partial charge in [-0.05, 0) is 31.2 Å². The molecule has 1 saturated heterocycles. The van der Waals surface area contributed by atoms with Crippen LogP contribution in [0.5, 0.6) is 0 Å². The van der Waals surface area contributed by atoms with Crippen LogP contribution < -0.4 is 10.2 Å². The predicted octanol–water partition coefficient (Wildman–Crippen LogP) is 3.42. The Hall–Kier alpha value is -2.57. The van der Waals surface area contributed by atoms with Crippen molar-refractivity contribution in [2.24, 2.45) is 0 Å². The van der Waals surface area contributed by atoms with Gasteiger partial charge in [-0.2, -0.15) is 0 Å². The maximum Gasteiger partial charge on any atom is 0.325 e. The summed E-state index contributed by atoms with van der Waals surface area (Å²) in [5, 5.41) is 3.30. The van der Waals surface area contributed by atoms with Gasteiger partial charge < -0.3 is 10.2 Å². The van der Waals surface area contributed by atoms with Crippen LogP contribution in [-0.4, -0.2) is 36.3 Å². The zero-order chi connectivity index (χ0) is 19.8. The number of nitrogens with zero attached hydrogens (tertiary/aromatic N) is 2. The van der Waals surface area contributed by atoms with Gasteiger partial charge in [0.2, 0.25) is 5.91 Å². The van der Waals surface area contributed by atoms with Crippen molar-refractivity contribution in [2.45, 2.75) is 12.5 Å². The summed E-state index contributed by atoms with van der Waals surface area (Å²) in [6, 6.07) is 13.0. The van der Waals surface area contributed by atoms with E-state index in [4.69, 9.17) is 23.2 Å². The SMILES string of the molecule is CN(C(=O)CN1C(=O)N[C@@](C)(c2ccc(Cl)cc2Cl)C1=O)c1ccccc1. The second kappa shape index (κ2) is 7.21. The zero-order valence-corrected chi connectivity index (χ0v) is 16.2. The van der Waals surface area contributed by atoms with E-state index in [1.54, 1.807) is 50.4 Å². The molecule has 1 heterocycles. The number of carbonyl (C=O) groups is 3. The van der Waals surface area contributed by atoms with Crippen molar-refractivity contribution >= 4 is 46.7 Å². The van der Waals surface area contributed by atoms with Crippen molar-refractivity contribution < 1.29 is 14.4 Å². The number of halogens is 2. The number of carbonyl (C=O) groups excluding carboxylic acids is 3. The minimum Gasteiger partial charge on any atom is -0.319 e. The molecule has 0 bridgehead atoms. The molecular weight excluding hydrogens is 389 g/mol. The normalized spacial score (nSPS) is 19.2. The van der Waals surface area contributed by atoms with Crippen molar-refractivity contribution in [3.05, 3.63) is 64.1 Å². The second-order valence-corrected chi connectivity index (χ2v) is 7.20. The van der Waals surface area contributed by atoms with Crippen LogP contribution in [0.1, 0.15) is 12.5 Å². The largest absolute Gasteiger partial charge is 0.325 e. The molecule has 1 fully saturated rings. The van der Waals surface area contributed by atoms with Gasteiger partial charge in [0.05, 0.1) is 0 Å². The maximum absolute atomic E-state index is 13.0. The molecule has 0 aromatic heterocycles. The first-order valence-electron chi connectivity index (χ1n) is 8.15. The molecule has 0 radical (unpaired) electrons. The van der Waals surface area contributed by atoms with Gasteiger partial charge in [0, 0.05) is 28.3 Å². The molecule has 0 spiro atoms. The van der Waals surface area contributed by atoms with E-state index >= 15 is 0 Å². The van der Waals surface area contributed by atoms with Crippen molar-refractivity contribution in [1.82, 2.24) is 10.2 Å². The fraction of sp³-hybridized carbons (Fsp3) is 0.211. The van der Waals surface area contributed by atoms with E-state index < -0.39 is 23.4 Å². The average molecular weight is 406 g/mol. The maximum atomic E-state index is 13.0. The van der Waals surface area contributed by atoms with Crippen LogP contribution in [0.3, 0.4) is 0 Å². The van der Waals surface area contributed by atoms with E-state index in [0.29, 0.717) is 16.3 Å². The second-order valence-electron chi connectivity index (χ2n) is 6.36. The van der Waals surface area contributed by atoms with Gasteiger partial charge in [-0.25, -0.2) is 4.79 Å². The molecule has 0 saturated carbocycles. The molecule has 8 heteroatoms. The summed E-state index contributed by atoms with van der Waals surface area (Å²) in [5.41, 5.74) is -0.291. The molecule has 3 rings (SSSR count). The van der Waals surface area contributed by atoms with E-state index in [1.807, 2.05) is 6.07 Å². The van der Waals surface area contributed by atoms with Crippen LogP contribution in [0.25, 0.3) is 0 Å². The molecule has 1 N–H and O–H groups in total. The van der Waals surface area contributed by atoms with Gasteiger partial charge in [0.15, 0.2) is 0 Å². The number of anilines is 1. The van der Waals surface area contributed by atoms with Crippen LogP contribution in [0.15, 0.2) is 48.5 Å². The zero-order valence-electron chi connectivity index (χ0n) is 14.7. The molecule has 1 atom stereocenters. The molecule has 2 aromatic rings. The molecule has 2 aromatic carbocycles. The number of hydrogen-bond acceptors (Lipinski definition) is 3. The number of benzene rings is 2. The summed E-state index contributed by atoms with van der Waals surface area (Å²) >= 11 is 12.1. The first kappa shape index (κ1) is 19.2. The Morgan fingerprint density at radius 3 is 2.44 bits per heavy atom. The van der Waals surface area contributed by atoms with Gasteiger partial charge in [-0.1, -0.05) is 47.5 Å². The molecule has 1 aliphatic heterocycles. The first-order chi connectivity index (χ1) is 12.7. The van der Waals surface area contributed by atoms with Crippen LogP contribution in [0.4, 0.5) is 10.5 Å². The van der Waals surface area contributed by atoms with Crippen molar-refractivity contribution in [1.29, 1.82) is 0 Å². The molecule has 4 amide bonds. The minimum atomic E-state index is -1.37. The predicted molar refractivity (Wildman–Crippen MR) is 104 cm³/mol. The highest BCUT2D eigenvalue weighted by molar-refractivity contribution is 6.35. The lowest BCUT2D eigenvalue weighted by Crippen LogP contribution is -2.43. The first-order valence-corrected chi connectivity index (χ1v) is 8.91. The molecule has 6 nitrogen and oxygen atoms in total. The van der Waals surface area contributed by atoms with E-state index in [-0.39, 0.29) is 11.6 Å². The van der Waals surface area contributed by atoms with Crippen molar-refractivity contribution in [2.75, 3.05) is 18.5 Å². The molecule has 0 aliphatic carbocycles. The number of urea groups is 1. The van der Waals surface area contributed by atoms with Gasteiger partial charge in [0.1, 0.15) is 12.1 Å². The monoisotopic (exact) mass is 405 g/mol. The Kier molecular flexibility index (Phi) is 5.13. The van der Waals surface area contributed by atoms with Crippen LogP contribution in [0.2, 0.25) is 10.0 Å². The Balaban J connectivity index is 1.83. The fourth-order valence-electron chi connectivity index (χ4n) is 2.95. The summed E-state index contributed by atoms with van der Waals surface area (Å²) in [5.74, 6) is -0.942. The molecule has 0 unspecified atom stereocenters. The van der Waals surface area contributed by atoms with E-state index in [2.05, 4.69) is 5.32 Å². The number of rotatable bonds is 4. The molecular formula is C19H17Cl2N3O3. The Morgan fingerprint density at radius 1 is 1.15 bits per heavy atom. The number of hydrogen-bond donors (Lipinski definition) is 1. The number of imide groups is 1. The average Bonchev–Trinajstić information content (AvgIpc) is 2.85. The number of nitrogens with one attached hydrogen (secondary N) is 1. The highest BCUT2D eigenvalue weighted by Gasteiger charge is 2.50. The van der Waals surface area contributed by atoms with Crippen molar-refractivity contribution in [3.63, 3.8) is 0 Å². The number of likely N-dealkylation sites (N-methyl/N-ethyl adjacent to an activating group) is 1. The van der Waals surface area contributed by atoms with E-state index in [9.17, 15) is 14.4 Å². The summed E-state index contributed by atoms with van der Waals surface area (Å²) in [6.07, 6.45) is 0. The van der Waals surface area contributed by atoms with Gasteiger partial charge >= 0.3 is 6.03 Å². The Morgan fingerprint density at radius 2 is 1.81 bits per heavy atom. The highest BCUT2D eigenvalue weighted by atomic mass is 35.5. The number of para-hydroxylation sites is 1. The lowest BCUT2D eigenvalue weighted by Gasteiger charge is -2.24. The third-order valence-corrected chi connectivity index (χ3v) is 5.10. The highest BCUT2D eigenvalue weighted by Crippen LogP contribution is 2.35. The van der Waals surface area contributed by atoms with Crippen LogP contribution >= 0.6 is 23.2 Å². The standard InChI is InChI=1S/C19H17Cl2N3O3/c1-19(14-9-8-12(20)10-15(14)21)17(26)24(18(27)22-19)11-16(25)23(2)13-6-4-3-5-7-13/h3-10H,11H2,1-2H3,(H,22,27)/t19-/m0/s1. The van der Waals surface area contributed by atoms with Gasteiger partial charge in [0.25, 0.3) is 5.91 Å². The third kappa shape index (κ3) is 3.50. The van der Waals surface area contributed by atoms with E-state index in [0.717, 1.165) is 4.90 Å². The van der Waals surface area contributed by atoms with Crippen LogP contribution in [-0.2, 0) is 15.1 Å². The van der Waals surface area contributed by atoms with Gasteiger partial charge in [-0.15, -0.1) is 0 Å².